The van der Waals surface area contributed by atoms with Crippen LogP contribution in [0.2, 0.25) is 0 Å². The maximum absolute atomic E-state index is 12.0. The number of benzene rings is 2. The maximum Gasteiger partial charge on any atom is 0.269 e. The van der Waals surface area contributed by atoms with Crippen molar-refractivity contribution in [1.82, 2.24) is 5.32 Å². The molecule has 2 rings (SSSR count). The van der Waals surface area contributed by atoms with Gasteiger partial charge in [0.25, 0.3) is 5.69 Å². The quantitative estimate of drug-likeness (QED) is 0.677. The molecule has 0 aromatic heterocycles. The van der Waals surface area contributed by atoms with Crippen molar-refractivity contribution >= 4 is 11.6 Å². The number of nitrogens with one attached hydrogen (secondary N) is 1. The molecule has 0 saturated heterocycles. The van der Waals surface area contributed by atoms with Crippen molar-refractivity contribution < 1.29 is 9.72 Å². The average Bonchev–Trinajstić information content (AvgIpc) is 2.48. The smallest absolute Gasteiger partial charge is 0.269 e. The summed E-state index contributed by atoms with van der Waals surface area (Å²) in [5, 5.41) is 13.5. The summed E-state index contributed by atoms with van der Waals surface area (Å²) in [4.78, 5) is 22.1. The Bertz CT molecular complexity index is 624. The number of nitrogens with zero attached hydrogens (tertiary/aromatic N) is 1. The van der Waals surface area contributed by atoms with E-state index >= 15 is 0 Å². The van der Waals surface area contributed by atoms with E-state index in [1.807, 2.05) is 37.3 Å². The molecule has 1 N–H and O–H groups in total. The Morgan fingerprint density at radius 3 is 2.33 bits per heavy atom. The fourth-order valence-electron chi connectivity index (χ4n) is 2.04. The molecule has 0 aliphatic heterocycles. The Labute approximate surface area is 122 Å². The largest absolute Gasteiger partial charge is 0.349 e. The van der Waals surface area contributed by atoms with Gasteiger partial charge in [0.1, 0.15) is 0 Å². The monoisotopic (exact) mass is 284 g/mol. The summed E-state index contributed by atoms with van der Waals surface area (Å²) >= 11 is 0. The van der Waals surface area contributed by atoms with Gasteiger partial charge in [0.2, 0.25) is 5.91 Å². The Kier molecular flexibility index (Phi) is 4.66. The second-order valence-electron chi connectivity index (χ2n) is 4.80. The van der Waals surface area contributed by atoms with Gasteiger partial charge in [-0.15, -0.1) is 0 Å². The molecule has 0 bridgehead atoms. The molecule has 1 amide bonds. The van der Waals surface area contributed by atoms with E-state index in [4.69, 9.17) is 0 Å². The van der Waals surface area contributed by atoms with Gasteiger partial charge < -0.3 is 5.32 Å². The van der Waals surface area contributed by atoms with Crippen LogP contribution in [0.15, 0.2) is 54.6 Å². The highest BCUT2D eigenvalue weighted by Crippen LogP contribution is 2.14. The Morgan fingerprint density at radius 1 is 1.14 bits per heavy atom. The summed E-state index contributed by atoms with van der Waals surface area (Å²) in [6, 6.07) is 15.6. The van der Waals surface area contributed by atoms with Crippen molar-refractivity contribution in [1.29, 1.82) is 0 Å². The summed E-state index contributed by atoms with van der Waals surface area (Å²) in [7, 11) is 0. The molecule has 0 heterocycles. The first-order valence-corrected chi connectivity index (χ1v) is 6.64. The number of carbonyl (C=O) groups is 1. The van der Waals surface area contributed by atoms with E-state index in [-0.39, 0.29) is 24.1 Å². The lowest BCUT2D eigenvalue weighted by Crippen LogP contribution is -2.28. The molecule has 108 valence electrons. The fraction of sp³-hybridized carbons (Fsp3) is 0.188. The van der Waals surface area contributed by atoms with Gasteiger partial charge >= 0.3 is 0 Å². The highest BCUT2D eigenvalue weighted by molar-refractivity contribution is 5.79. The van der Waals surface area contributed by atoms with E-state index in [9.17, 15) is 14.9 Å². The van der Waals surface area contributed by atoms with Crippen LogP contribution in [-0.4, -0.2) is 10.8 Å². The molecule has 0 unspecified atom stereocenters. The molecule has 2 aromatic rings. The summed E-state index contributed by atoms with van der Waals surface area (Å²) in [5.74, 6) is -0.111. The average molecular weight is 284 g/mol. The normalized spacial score (nSPS) is 11.7. The molecule has 0 radical (unpaired) electrons. The van der Waals surface area contributed by atoms with E-state index in [1.165, 1.54) is 12.1 Å². The van der Waals surface area contributed by atoms with Crippen molar-refractivity contribution in [3.8, 4) is 0 Å². The summed E-state index contributed by atoms with van der Waals surface area (Å²) in [5.41, 5.74) is 1.81. The SMILES string of the molecule is C[C@@H](NC(=O)Cc1ccc([N+](=O)[O-])cc1)c1ccccc1. The Morgan fingerprint density at radius 2 is 1.76 bits per heavy atom. The molecule has 21 heavy (non-hydrogen) atoms. The minimum absolute atomic E-state index is 0.0248. The number of non-ortho nitro benzene ring substituents is 1. The maximum atomic E-state index is 12.0. The molecular formula is C16H16N2O3. The second-order valence-corrected chi connectivity index (χ2v) is 4.80. The number of nitro groups is 1. The number of rotatable bonds is 5. The molecule has 0 spiro atoms. The molecule has 0 aliphatic rings. The standard InChI is InChI=1S/C16H16N2O3/c1-12(14-5-3-2-4-6-14)17-16(19)11-13-7-9-15(10-8-13)18(20)21/h2-10,12H,11H2,1H3,(H,17,19)/t12-/m1/s1. The van der Waals surface area contributed by atoms with Crippen molar-refractivity contribution in [3.05, 3.63) is 75.8 Å². The van der Waals surface area contributed by atoms with Crippen LogP contribution < -0.4 is 5.32 Å². The van der Waals surface area contributed by atoms with Gasteiger partial charge in [-0.05, 0) is 18.1 Å². The summed E-state index contributed by atoms with van der Waals surface area (Å²) < 4.78 is 0. The van der Waals surface area contributed by atoms with Gasteiger partial charge in [-0.3, -0.25) is 14.9 Å². The number of nitro benzene ring substituents is 1. The van der Waals surface area contributed by atoms with Gasteiger partial charge in [-0.1, -0.05) is 42.5 Å². The first-order chi connectivity index (χ1) is 10.1. The van der Waals surface area contributed by atoms with Crippen molar-refractivity contribution in [3.63, 3.8) is 0 Å². The van der Waals surface area contributed by atoms with E-state index in [0.717, 1.165) is 11.1 Å². The molecule has 0 saturated carbocycles. The van der Waals surface area contributed by atoms with Crippen molar-refractivity contribution in [2.45, 2.75) is 19.4 Å². The van der Waals surface area contributed by atoms with Crippen LogP contribution >= 0.6 is 0 Å². The lowest BCUT2D eigenvalue weighted by atomic mass is 10.1. The minimum Gasteiger partial charge on any atom is -0.349 e. The highest BCUT2D eigenvalue weighted by Gasteiger charge is 2.11. The van der Waals surface area contributed by atoms with E-state index in [2.05, 4.69) is 5.32 Å². The third-order valence-electron chi connectivity index (χ3n) is 3.19. The third-order valence-corrected chi connectivity index (χ3v) is 3.19. The van der Waals surface area contributed by atoms with Crippen LogP contribution in [0, 0.1) is 10.1 Å². The van der Waals surface area contributed by atoms with Gasteiger partial charge in [-0.25, -0.2) is 0 Å². The third kappa shape index (κ3) is 4.14. The van der Waals surface area contributed by atoms with E-state index in [1.54, 1.807) is 12.1 Å². The van der Waals surface area contributed by atoms with Gasteiger partial charge in [0.15, 0.2) is 0 Å². The molecule has 1 atom stereocenters. The summed E-state index contributed by atoms with van der Waals surface area (Å²) in [6.07, 6.45) is 0.204. The number of hydrogen-bond donors (Lipinski definition) is 1. The lowest BCUT2D eigenvalue weighted by molar-refractivity contribution is -0.384. The van der Waals surface area contributed by atoms with E-state index < -0.39 is 4.92 Å². The molecule has 5 nitrogen and oxygen atoms in total. The summed E-state index contributed by atoms with van der Waals surface area (Å²) in [6.45, 7) is 1.92. The first-order valence-electron chi connectivity index (χ1n) is 6.64. The minimum atomic E-state index is -0.457. The fourth-order valence-corrected chi connectivity index (χ4v) is 2.04. The molecule has 5 heteroatoms. The molecular weight excluding hydrogens is 268 g/mol. The van der Waals surface area contributed by atoms with Crippen LogP contribution in [0.5, 0.6) is 0 Å². The van der Waals surface area contributed by atoms with Crippen LogP contribution in [0.1, 0.15) is 24.1 Å². The zero-order valence-corrected chi connectivity index (χ0v) is 11.7. The first kappa shape index (κ1) is 14.7. The van der Waals surface area contributed by atoms with Gasteiger partial charge in [0, 0.05) is 12.1 Å². The highest BCUT2D eigenvalue weighted by atomic mass is 16.6. The molecule has 2 aromatic carbocycles. The van der Waals surface area contributed by atoms with Gasteiger partial charge in [0.05, 0.1) is 17.4 Å². The van der Waals surface area contributed by atoms with E-state index in [0.29, 0.717) is 0 Å². The topological polar surface area (TPSA) is 72.2 Å². The van der Waals surface area contributed by atoms with Gasteiger partial charge in [-0.2, -0.15) is 0 Å². The predicted octanol–water partition coefficient (Wildman–Crippen LogP) is 3.01. The van der Waals surface area contributed by atoms with Crippen LogP contribution in [0.3, 0.4) is 0 Å². The second kappa shape index (κ2) is 6.65. The van der Waals surface area contributed by atoms with Crippen molar-refractivity contribution in [2.24, 2.45) is 0 Å². The predicted molar refractivity (Wildman–Crippen MR) is 79.8 cm³/mol. The molecule has 0 fully saturated rings. The number of hydrogen-bond acceptors (Lipinski definition) is 3. The van der Waals surface area contributed by atoms with Crippen LogP contribution in [0.25, 0.3) is 0 Å². The zero-order chi connectivity index (χ0) is 15.2. The Balaban J connectivity index is 1.94. The van der Waals surface area contributed by atoms with Crippen LogP contribution in [0.4, 0.5) is 5.69 Å². The number of amides is 1. The number of carbonyl (C=O) groups excluding carboxylic acids is 1. The zero-order valence-electron chi connectivity index (χ0n) is 11.7. The lowest BCUT2D eigenvalue weighted by Gasteiger charge is -2.14. The molecule has 0 aliphatic carbocycles. The van der Waals surface area contributed by atoms with Crippen LogP contribution in [-0.2, 0) is 11.2 Å². The Hall–Kier alpha value is -2.69. The van der Waals surface area contributed by atoms with Crippen molar-refractivity contribution in [2.75, 3.05) is 0 Å².